The van der Waals surface area contributed by atoms with Crippen LogP contribution in [0, 0.1) is 0 Å². The molecule has 0 aliphatic carbocycles. The van der Waals surface area contributed by atoms with Crippen molar-refractivity contribution in [3.05, 3.63) is 12.3 Å². The van der Waals surface area contributed by atoms with Crippen molar-refractivity contribution in [3.8, 4) is 0 Å². The fourth-order valence-electron chi connectivity index (χ4n) is 1.15. The Bertz CT molecular complexity index is 180. The second-order valence-corrected chi connectivity index (χ2v) is 2.36. The lowest BCUT2D eigenvalue weighted by atomic mass is 10.2. The summed E-state index contributed by atoms with van der Waals surface area (Å²) in [5.74, 6) is -0.457. The summed E-state index contributed by atoms with van der Waals surface area (Å²) in [5.41, 5.74) is 0. The van der Waals surface area contributed by atoms with E-state index < -0.39 is 5.79 Å². The van der Waals surface area contributed by atoms with Crippen LogP contribution >= 0.6 is 0 Å². The molecule has 0 bridgehead atoms. The minimum absolute atomic E-state index is 0.457. The Morgan fingerprint density at radius 3 is 2.70 bits per heavy atom. The summed E-state index contributed by atoms with van der Waals surface area (Å²) in [7, 11) is 0. The summed E-state index contributed by atoms with van der Waals surface area (Å²) in [4.78, 5) is 3.93. The lowest BCUT2D eigenvalue weighted by Crippen LogP contribution is -2.28. The van der Waals surface area contributed by atoms with Crippen LogP contribution in [-0.2, 0) is 9.47 Å². The number of aliphatic imine (C=N–C) groups is 1. The monoisotopic (exact) mass is 139 g/mol. The summed E-state index contributed by atoms with van der Waals surface area (Å²) in [5, 5.41) is 0. The third-order valence-electron chi connectivity index (χ3n) is 1.67. The third-order valence-corrected chi connectivity index (χ3v) is 1.67. The zero-order valence-corrected chi connectivity index (χ0v) is 5.62. The Morgan fingerprint density at radius 2 is 2.10 bits per heavy atom. The van der Waals surface area contributed by atoms with E-state index in [-0.39, 0.29) is 0 Å². The van der Waals surface area contributed by atoms with Gasteiger partial charge in [-0.05, 0) is 6.08 Å². The molecule has 54 valence electrons. The first-order valence-electron chi connectivity index (χ1n) is 3.39. The summed E-state index contributed by atoms with van der Waals surface area (Å²) in [6, 6.07) is 0. The van der Waals surface area contributed by atoms with Crippen LogP contribution in [0.1, 0.15) is 6.42 Å². The van der Waals surface area contributed by atoms with Gasteiger partial charge in [0.2, 0.25) is 0 Å². The van der Waals surface area contributed by atoms with Gasteiger partial charge in [0, 0.05) is 18.8 Å². The van der Waals surface area contributed by atoms with Crippen LogP contribution in [0.2, 0.25) is 0 Å². The highest BCUT2D eigenvalue weighted by Crippen LogP contribution is 2.25. The Hall–Kier alpha value is -0.670. The van der Waals surface area contributed by atoms with E-state index in [1.54, 1.807) is 6.20 Å². The van der Waals surface area contributed by atoms with E-state index in [0.29, 0.717) is 13.2 Å². The van der Waals surface area contributed by atoms with Gasteiger partial charge in [-0.25, -0.2) is 0 Å². The minimum Gasteiger partial charge on any atom is -0.344 e. The topological polar surface area (TPSA) is 30.8 Å². The first kappa shape index (κ1) is 6.07. The fourth-order valence-corrected chi connectivity index (χ4v) is 1.15. The molecule has 0 aromatic carbocycles. The minimum atomic E-state index is -0.457. The Kier molecular flexibility index (Phi) is 1.32. The number of rotatable bonds is 0. The second-order valence-electron chi connectivity index (χ2n) is 2.36. The van der Waals surface area contributed by atoms with E-state index in [2.05, 4.69) is 4.99 Å². The van der Waals surface area contributed by atoms with Crippen molar-refractivity contribution < 1.29 is 9.47 Å². The van der Waals surface area contributed by atoms with Gasteiger partial charge < -0.3 is 9.47 Å². The van der Waals surface area contributed by atoms with Gasteiger partial charge in [-0.3, -0.25) is 4.99 Å². The van der Waals surface area contributed by atoms with E-state index >= 15 is 0 Å². The zero-order chi connectivity index (χ0) is 6.86. The van der Waals surface area contributed by atoms with Gasteiger partial charge in [0.25, 0.3) is 0 Å². The molecular formula is C7H9NO2. The van der Waals surface area contributed by atoms with Crippen molar-refractivity contribution in [2.24, 2.45) is 4.99 Å². The maximum Gasteiger partial charge on any atom is 0.194 e. The van der Waals surface area contributed by atoms with Crippen molar-refractivity contribution in [2.75, 3.05) is 13.2 Å². The van der Waals surface area contributed by atoms with E-state index in [9.17, 15) is 0 Å². The molecular weight excluding hydrogens is 130 g/mol. The van der Waals surface area contributed by atoms with Gasteiger partial charge in [-0.2, -0.15) is 0 Å². The third kappa shape index (κ3) is 0.874. The maximum absolute atomic E-state index is 5.38. The molecule has 1 spiro atoms. The van der Waals surface area contributed by atoms with Gasteiger partial charge >= 0.3 is 0 Å². The van der Waals surface area contributed by atoms with Crippen molar-refractivity contribution in [1.29, 1.82) is 0 Å². The summed E-state index contributed by atoms with van der Waals surface area (Å²) in [6.45, 7) is 1.39. The van der Waals surface area contributed by atoms with Gasteiger partial charge in [0.15, 0.2) is 5.79 Å². The van der Waals surface area contributed by atoms with Crippen molar-refractivity contribution in [1.82, 2.24) is 0 Å². The fraction of sp³-hybridized carbons (Fsp3) is 0.571. The maximum atomic E-state index is 5.38. The molecule has 2 aliphatic rings. The van der Waals surface area contributed by atoms with Crippen molar-refractivity contribution in [3.63, 3.8) is 0 Å². The standard InChI is InChI=1S/C7H9NO2/c1-3-8-4-2-7(1)9-5-6-10-7/h1,3-4H,2,5-6H2. The average Bonchev–Trinajstić information content (AvgIpc) is 2.39. The molecule has 2 rings (SSSR count). The smallest absolute Gasteiger partial charge is 0.194 e. The van der Waals surface area contributed by atoms with E-state index in [4.69, 9.17) is 9.47 Å². The van der Waals surface area contributed by atoms with E-state index in [0.717, 1.165) is 6.42 Å². The first-order chi connectivity index (χ1) is 4.91. The molecule has 0 amide bonds. The average molecular weight is 139 g/mol. The number of hydrogen-bond acceptors (Lipinski definition) is 3. The van der Waals surface area contributed by atoms with E-state index in [1.807, 2.05) is 12.3 Å². The first-order valence-corrected chi connectivity index (χ1v) is 3.39. The Balaban J connectivity index is 2.15. The molecule has 1 fully saturated rings. The lowest BCUT2D eigenvalue weighted by molar-refractivity contribution is -0.109. The molecule has 1 saturated heterocycles. The van der Waals surface area contributed by atoms with Gasteiger partial charge in [-0.15, -0.1) is 0 Å². The molecule has 0 atom stereocenters. The molecule has 0 N–H and O–H groups in total. The molecule has 10 heavy (non-hydrogen) atoms. The summed E-state index contributed by atoms with van der Waals surface area (Å²) in [6.07, 6.45) is 6.13. The number of nitrogens with zero attached hydrogens (tertiary/aromatic N) is 1. The SMILES string of the molecule is C1=CC2(CC=N1)OCCO2. The quantitative estimate of drug-likeness (QED) is 0.495. The molecule has 0 radical (unpaired) electrons. The van der Waals surface area contributed by atoms with Crippen molar-refractivity contribution in [2.45, 2.75) is 12.2 Å². The lowest BCUT2D eigenvalue weighted by Gasteiger charge is -2.22. The van der Waals surface area contributed by atoms with Gasteiger partial charge in [0.05, 0.1) is 13.2 Å². The molecule has 0 unspecified atom stereocenters. The molecule has 3 nitrogen and oxygen atoms in total. The summed E-state index contributed by atoms with van der Waals surface area (Å²) >= 11 is 0. The second kappa shape index (κ2) is 2.18. The highest BCUT2D eigenvalue weighted by Gasteiger charge is 2.33. The molecule has 0 aromatic heterocycles. The van der Waals surface area contributed by atoms with Crippen LogP contribution < -0.4 is 0 Å². The van der Waals surface area contributed by atoms with Gasteiger partial charge in [0.1, 0.15) is 0 Å². The largest absolute Gasteiger partial charge is 0.344 e. The zero-order valence-electron chi connectivity index (χ0n) is 5.62. The normalized spacial score (nSPS) is 28.0. The summed E-state index contributed by atoms with van der Waals surface area (Å²) < 4.78 is 10.8. The molecule has 0 aromatic rings. The number of hydrogen-bond donors (Lipinski definition) is 0. The van der Waals surface area contributed by atoms with Crippen LogP contribution in [0.5, 0.6) is 0 Å². The van der Waals surface area contributed by atoms with E-state index in [1.165, 1.54) is 0 Å². The van der Waals surface area contributed by atoms with Crippen molar-refractivity contribution >= 4 is 6.21 Å². The molecule has 0 saturated carbocycles. The predicted molar refractivity (Wildman–Crippen MR) is 36.9 cm³/mol. The highest BCUT2D eigenvalue weighted by molar-refractivity contribution is 5.61. The highest BCUT2D eigenvalue weighted by atomic mass is 16.7. The molecule has 2 heterocycles. The van der Waals surface area contributed by atoms with Crippen LogP contribution in [-0.4, -0.2) is 25.2 Å². The van der Waals surface area contributed by atoms with Crippen LogP contribution in [0.25, 0.3) is 0 Å². The van der Waals surface area contributed by atoms with Crippen LogP contribution in [0.3, 0.4) is 0 Å². The van der Waals surface area contributed by atoms with Crippen LogP contribution in [0.15, 0.2) is 17.3 Å². The van der Waals surface area contributed by atoms with Crippen LogP contribution in [0.4, 0.5) is 0 Å². The Morgan fingerprint density at radius 1 is 1.30 bits per heavy atom. The number of ether oxygens (including phenoxy) is 2. The molecule has 2 aliphatic heterocycles. The predicted octanol–water partition coefficient (Wildman–Crippen LogP) is 0.718. The van der Waals surface area contributed by atoms with Gasteiger partial charge in [-0.1, -0.05) is 0 Å². The molecule has 3 heteroatoms. The Labute approximate surface area is 59.4 Å².